The number of carbonyl (C=O) groups excluding carboxylic acids is 1. The Kier molecular flexibility index (Phi) is 4.77. The van der Waals surface area contributed by atoms with Crippen LogP contribution in [0.5, 0.6) is 0 Å². The average molecular weight is 275 g/mol. The molecule has 1 aromatic carbocycles. The summed E-state index contributed by atoms with van der Waals surface area (Å²) in [5.41, 5.74) is 2.33. The van der Waals surface area contributed by atoms with Crippen molar-refractivity contribution in [2.45, 2.75) is 51.6 Å². The van der Waals surface area contributed by atoms with E-state index in [4.69, 9.17) is 5.11 Å². The highest BCUT2D eigenvalue weighted by Crippen LogP contribution is 2.29. The number of rotatable bonds is 7. The highest BCUT2D eigenvalue weighted by molar-refractivity contribution is 5.77. The van der Waals surface area contributed by atoms with Crippen molar-refractivity contribution in [2.75, 3.05) is 0 Å². The van der Waals surface area contributed by atoms with Crippen molar-refractivity contribution in [1.82, 2.24) is 4.90 Å². The maximum Gasteiger partial charge on any atom is 0.303 e. The standard InChI is InChI=1S/C16H21NO3/c1-12-4-2-5-13(10-12)11-17(14-8-9-14)15(18)6-3-7-16(19)20/h2,4-5,10,14H,3,6-9,11H2,1H3,(H,19,20). The average Bonchev–Trinajstić information content (AvgIpc) is 3.19. The molecule has 0 atom stereocenters. The summed E-state index contributed by atoms with van der Waals surface area (Å²) in [7, 11) is 0. The van der Waals surface area contributed by atoms with Gasteiger partial charge in [0.15, 0.2) is 0 Å². The Morgan fingerprint density at radius 3 is 2.65 bits per heavy atom. The Balaban J connectivity index is 1.93. The van der Waals surface area contributed by atoms with Crippen molar-refractivity contribution in [3.8, 4) is 0 Å². The van der Waals surface area contributed by atoms with Gasteiger partial charge in [-0.25, -0.2) is 0 Å². The fraction of sp³-hybridized carbons (Fsp3) is 0.500. The third kappa shape index (κ3) is 4.37. The van der Waals surface area contributed by atoms with E-state index in [1.807, 2.05) is 30.0 Å². The molecule has 1 saturated carbocycles. The topological polar surface area (TPSA) is 57.6 Å². The zero-order valence-electron chi connectivity index (χ0n) is 11.8. The van der Waals surface area contributed by atoms with Gasteiger partial charge in [0.25, 0.3) is 0 Å². The van der Waals surface area contributed by atoms with Gasteiger partial charge in [0, 0.05) is 25.4 Å². The summed E-state index contributed by atoms with van der Waals surface area (Å²) in [6.07, 6.45) is 2.95. The molecule has 108 valence electrons. The zero-order valence-corrected chi connectivity index (χ0v) is 11.8. The predicted octanol–water partition coefficient (Wildman–Crippen LogP) is 2.74. The number of carboxylic acid groups (broad SMARTS) is 1. The Bertz CT molecular complexity index is 494. The van der Waals surface area contributed by atoms with Gasteiger partial charge >= 0.3 is 5.97 Å². The number of carbonyl (C=O) groups is 2. The van der Waals surface area contributed by atoms with Crippen LogP contribution in [0, 0.1) is 6.92 Å². The van der Waals surface area contributed by atoms with Crippen molar-refractivity contribution in [2.24, 2.45) is 0 Å². The number of benzene rings is 1. The lowest BCUT2D eigenvalue weighted by Crippen LogP contribution is -2.32. The van der Waals surface area contributed by atoms with Crippen LogP contribution in [-0.2, 0) is 16.1 Å². The number of aryl methyl sites for hydroxylation is 1. The van der Waals surface area contributed by atoms with Crippen LogP contribution in [0.25, 0.3) is 0 Å². The van der Waals surface area contributed by atoms with Gasteiger partial charge in [-0.1, -0.05) is 29.8 Å². The molecule has 0 radical (unpaired) electrons. The zero-order chi connectivity index (χ0) is 14.5. The van der Waals surface area contributed by atoms with Gasteiger partial charge in [0.1, 0.15) is 0 Å². The summed E-state index contributed by atoms with van der Waals surface area (Å²) in [6, 6.07) is 8.53. The minimum absolute atomic E-state index is 0.0642. The Labute approximate surface area is 119 Å². The maximum atomic E-state index is 12.2. The monoisotopic (exact) mass is 275 g/mol. The fourth-order valence-electron chi connectivity index (χ4n) is 2.35. The van der Waals surface area contributed by atoms with Crippen LogP contribution < -0.4 is 0 Å². The van der Waals surface area contributed by atoms with E-state index in [9.17, 15) is 9.59 Å². The predicted molar refractivity (Wildman–Crippen MR) is 76.2 cm³/mol. The highest BCUT2D eigenvalue weighted by atomic mass is 16.4. The smallest absolute Gasteiger partial charge is 0.303 e. The molecule has 0 aliphatic heterocycles. The van der Waals surface area contributed by atoms with Gasteiger partial charge < -0.3 is 10.0 Å². The second kappa shape index (κ2) is 6.55. The molecule has 4 nitrogen and oxygen atoms in total. The Morgan fingerprint density at radius 2 is 2.05 bits per heavy atom. The van der Waals surface area contributed by atoms with Crippen molar-refractivity contribution in [3.63, 3.8) is 0 Å². The first-order chi connectivity index (χ1) is 9.56. The SMILES string of the molecule is Cc1cccc(CN(C(=O)CCCC(=O)O)C2CC2)c1. The van der Waals surface area contributed by atoms with Gasteiger partial charge in [-0.3, -0.25) is 9.59 Å². The van der Waals surface area contributed by atoms with E-state index in [2.05, 4.69) is 6.07 Å². The van der Waals surface area contributed by atoms with Crippen LogP contribution in [0.4, 0.5) is 0 Å². The lowest BCUT2D eigenvalue weighted by atomic mass is 10.1. The van der Waals surface area contributed by atoms with Crippen LogP contribution in [0.3, 0.4) is 0 Å². The molecular formula is C16H21NO3. The van der Waals surface area contributed by atoms with Crippen LogP contribution in [0.2, 0.25) is 0 Å². The first-order valence-corrected chi connectivity index (χ1v) is 7.13. The van der Waals surface area contributed by atoms with Crippen molar-refractivity contribution in [3.05, 3.63) is 35.4 Å². The quantitative estimate of drug-likeness (QED) is 0.832. The summed E-state index contributed by atoms with van der Waals surface area (Å²) in [5.74, 6) is -0.760. The van der Waals surface area contributed by atoms with Crippen LogP contribution >= 0.6 is 0 Å². The molecule has 1 aromatic rings. The molecule has 1 fully saturated rings. The van der Waals surface area contributed by atoms with Gasteiger partial charge in [0.2, 0.25) is 5.91 Å². The molecule has 0 saturated heterocycles. The molecule has 4 heteroatoms. The second-order valence-electron chi connectivity index (χ2n) is 5.49. The first kappa shape index (κ1) is 14.6. The molecule has 1 amide bonds. The molecule has 0 aromatic heterocycles. The second-order valence-corrected chi connectivity index (χ2v) is 5.49. The lowest BCUT2D eigenvalue weighted by molar-refractivity contribution is -0.137. The number of aliphatic carboxylic acids is 1. The van der Waals surface area contributed by atoms with Crippen molar-refractivity contribution in [1.29, 1.82) is 0 Å². The number of nitrogens with zero attached hydrogens (tertiary/aromatic N) is 1. The van der Waals surface area contributed by atoms with Crippen LogP contribution in [0.1, 0.15) is 43.2 Å². The molecule has 0 bridgehead atoms. The van der Waals surface area contributed by atoms with E-state index in [1.165, 1.54) is 5.56 Å². The van der Waals surface area contributed by atoms with E-state index >= 15 is 0 Å². The molecule has 2 rings (SSSR count). The van der Waals surface area contributed by atoms with E-state index < -0.39 is 5.97 Å². The number of hydrogen-bond donors (Lipinski definition) is 1. The Morgan fingerprint density at radius 1 is 1.30 bits per heavy atom. The first-order valence-electron chi connectivity index (χ1n) is 7.13. The largest absolute Gasteiger partial charge is 0.481 e. The number of amides is 1. The summed E-state index contributed by atoms with van der Waals surface area (Å²) in [5, 5.41) is 8.63. The third-order valence-corrected chi connectivity index (χ3v) is 3.52. The van der Waals surface area contributed by atoms with Crippen LogP contribution in [-0.4, -0.2) is 27.9 Å². The van der Waals surface area contributed by atoms with Crippen molar-refractivity contribution >= 4 is 11.9 Å². The van der Waals surface area contributed by atoms with Crippen LogP contribution in [0.15, 0.2) is 24.3 Å². The normalized spacial score (nSPS) is 14.1. The van der Waals surface area contributed by atoms with E-state index in [-0.39, 0.29) is 12.3 Å². The number of hydrogen-bond acceptors (Lipinski definition) is 2. The molecule has 0 spiro atoms. The van der Waals surface area contributed by atoms with Gasteiger partial charge in [0.05, 0.1) is 0 Å². The molecular weight excluding hydrogens is 254 g/mol. The van der Waals surface area contributed by atoms with Gasteiger partial charge in [-0.15, -0.1) is 0 Å². The molecule has 1 N–H and O–H groups in total. The summed E-state index contributed by atoms with van der Waals surface area (Å²) in [4.78, 5) is 24.6. The van der Waals surface area contributed by atoms with E-state index in [1.54, 1.807) is 0 Å². The lowest BCUT2D eigenvalue weighted by Gasteiger charge is -2.22. The number of carboxylic acids is 1. The third-order valence-electron chi connectivity index (χ3n) is 3.52. The molecule has 0 heterocycles. The Hall–Kier alpha value is -1.84. The minimum atomic E-state index is -0.838. The summed E-state index contributed by atoms with van der Waals surface area (Å²) in [6.45, 7) is 2.68. The van der Waals surface area contributed by atoms with Gasteiger partial charge in [-0.05, 0) is 31.7 Å². The van der Waals surface area contributed by atoms with Crippen molar-refractivity contribution < 1.29 is 14.7 Å². The van der Waals surface area contributed by atoms with E-state index in [0.29, 0.717) is 25.4 Å². The summed E-state index contributed by atoms with van der Waals surface area (Å²) >= 11 is 0. The minimum Gasteiger partial charge on any atom is -0.481 e. The van der Waals surface area contributed by atoms with E-state index in [0.717, 1.165) is 18.4 Å². The molecule has 20 heavy (non-hydrogen) atoms. The maximum absolute atomic E-state index is 12.2. The molecule has 1 aliphatic rings. The molecule has 1 aliphatic carbocycles. The molecule has 0 unspecified atom stereocenters. The van der Waals surface area contributed by atoms with Gasteiger partial charge in [-0.2, -0.15) is 0 Å². The summed E-state index contributed by atoms with van der Waals surface area (Å²) < 4.78 is 0. The highest BCUT2D eigenvalue weighted by Gasteiger charge is 2.32. The fourth-order valence-corrected chi connectivity index (χ4v) is 2.35.